The fraction of sp³-hybridized carbons (Fsp3) is 0.429. The molecule has 260 valence electrons. The van der Waals surface area contributed by atoms with Gasteiger partial charge >= 0.3 is 6.18 Å². The minimum absolute atomic E-state index is 0.0300. The smallest absolute Gasteiger partial charge is 0.367 e. The molecule has 6 nitrogen and oxygen atoms in total. The lowest BCUT2D eigenvalue weighted by atomic mass is 9.81. The van der Waals surface area contributed by atoms with Crippen LogP contribution in [0.5, 0.6) is 0 Å². The summed E-state index contributed by atoms with van der Waals surface area (Å²) in [6, 6.07) is 5.57. The highest BCUT2D eigenvalue weighted by atomic mass is 19.4. The first-order chi connectivity index (χ1) is 22.1. The maximum Gasteiger partial charge on any atom is 0.417 e. The molecule has 0 bridgehead atoms. The van der Waals surface area contributed by atoms with Gasteiger partial charge in [-0.05, 0) is 76.1 Å². The fourth-order valence-electron chi connectivity index (χ4n) is 6.21. The molecule has 2 amide bonds. The molecule has 1 fully saturated rings. The van der Waals surface area contributed by atoms with Gasteiger partial charge in [0.1, 0.15) is 11.6 Å². The zero-order chi connectivity index (χ0) is 35.9. The second kappa shape index (κ2) is 13.4. The van der Waals surface area contributed by atoms with Crippen molar-refractivity contribution < 1.29 is 40.3 Å². The molecule has 1 aliphatic heterocycles. The highest BCUT2D eigenvalue weighted by Gasteiger charge is 2.36. The van der Waals surface area contributed by atoms with Crippen LogP contribution in [0.25, 0.3) is 11.1 Å². The first-order valence-corrected chi connectivity index (χ1v) is 15.4. The zero-order valence-corrected chi connectivity index (χ0v) is 27.8. The second-order valence-corrected chi connectivity index (χ2v) is 14.1. The number of nitrogens with one attached hydrogen (secondary N) is 2. The number of hydrogen-bond acceptors (Lipinski definition) is 4. The summed E-state index contributed by atoms with van der Waals surface area (Å²) in [4.78, 5) is 30.0. The van der Waals surface area contributed by atoms with Crippen LogP contribution >= 0.6 is 0 Å². The Kier molecular flexibility index (Phi) is 10.3. The average molecular weight is 681 g/mol. The normalized spacial score (nSPS) is 16.2. The largest absolute Gasteiger partial charge is 0.417 e. The monoisotopic (exact) mass is 680 g/mol. The van der Waals surface area contributed by atoms with Crippen molar-refractivity contribution in [1.82, 2.24) is 10.2 Å². The number of hydrogen-bond donors (Lipinski definition) is 2. The molecular formula is C35H39F7N4O2. The van der Waals surface area contributed by atoms with Crippen LogP contribution in [-0.4, -0.2) is 55.0 Å². The lowest BCUT2D eigenvalue weighted by molar-refractivity contribution is -0.138. The third-order valence-electron chi connectivity index (χ3n) is 8.21. The van der Waals surface area contributed by atoms with E-state index in [1.165, 1.54) is 0 Å². The van der Waals surface area contributed by atoms with E-state index in [1.54, 1.807) is 18.7 Å². The molecule has 0 radical (unpaired) electrons. The Morgan fingerprint density at radius 1 is 0.833 bits per heavy atom. The average Bonchev–Trinajstić information content (AvgIpc) is 2.94. The van der Waals surface area contributed by atoms with E-state index in [2.05, 4.69) is 10.6 Å². The Morgan fingerprint density at radius 2 is 1.48 bits per heavy atom. The molecule has 2 N–H and O–H groups in total. The topological polar surface area (TPSA) is 64.7 Å². The van der Waals surface area contributed by atoms with Crippen LogP contribution in [0.4, 0.5) is 42.1 Å². The lowest BCUT2D eigenvalue weighted by Crippen LogP contribution is -2.50. The lowest BCUT2D eigenvalue weighted by Gasteiger charge is -2.39. The molecule has 0 saturated carbocycles. The van der Waals surface area contributed by atoms with E-state index in [0.717, 1.165) is 24.3 Å². The number of anilines is 2. The maximum atomic E-state index is 15.8. The van der Waals surface area contributed by atoms with Crippen molar-refractivity contribution in [3.05, 3.63) is 82.4 Å². The Labute approximate surface area is 275 Å². The summed E-state index contributed by atoms with van der Waals surface area (Å²) in [6.07, 6.45) is -4.55. The summed E-state index contributed by atoms with van der Waals surface area (Å²) in [5, 5.41) is 5.07. The van der Waals surface area contributed by atoms with Crippen molar-refractivity contribution in [2.45, 2.75) is 65.7 Å². The van der Waals surface area contributed by atoms with Gasteiger partial charge in [-0.2, -0.15) is 13.2 Å². The second-order valence-electron chi connectivity index (χ2n) is 14.1. The van der Waals surface area contributed by atoms with Crippen LogP contribution in [0, 0.1) is 28.7 Å². The van der Waals surface area contributed by atoms with E-state index in [0.29, 0.717) is 38.2 Å². The molecule has 48 heavy (non-hydrogen) atoms. The van der Waals surface area contributed by atoms with Gasteiger partial charge in [-0.3, -0.25) is 9.59 Å². The van der Waals surface area contributed by atoms with E-state index >= 15 is 13.2 Å². The molecule has 3 aromatic carbocycles. The number of alkyl halides is 3. The maximum absolute atomic E-state index is 15.8. The summed E-state index contributed by atoms with van der Waals surface area (Å²) >= 11 is 0. The molecule has 0 aliphatic carbocycles. The minimum atomic E-state index is -5.07. The Bertz CT molecular complexity index is 1720. The first-order valence-electron chi connectivity index (χ1n) is 15.4. The molecule has 1 atom stereocenters. The van der Waals surface area contributed by atoms with Crippen LogP contribution in [-0.2, 0) is 6.18 Å². The summed E-state index contributed by atoms with van der Waals surface area (Å²) in [5.41, 5.74) is -5.16. The SMILES string of the molecule is CC1CN(c2cc(F)c(-c3ccc(C(=O)NC(C)(C)CC(C)(C)C)c(F)c3F)cc2NC(=O)c2ccc(F)cc2C(F)(F)F)CCN1C. The van der Waals surface area contributed by atoms with Gasteiger partial charge in [0.25, 0.3) is 11.8 Å². The van der Waals surface area contributed by atoms with Crippen LogP contribution in [0.15, 0.2) is 42.5 Å². The number of nitrogens with zero attached hydrogens (tertiary/aromatic N) is 2. The molecule has 3 aromatic rings. The number of carbonyl (C=O) groups is 2. The van der Waals surface area contributed by atoms with Crippen molar-refractivity contribution in [2.75, 3.05) is 36.9 Å². The highest BCUT2D eigenvalue weighted by molar-refractivity contribution is 6.07. The molecular weight excluding hydrogens is 641 g/mol. The number of benzene rings is 3. The number of likely N-dealkylation sites (N-methyl/N-ethyl adjacent to an activating group) is 1. The molecule has 4 rings (SSSR count). The van der Waals surface area contributed by atoms with Crippen LogP contribution < -0.4 is 15.5 Å². The van der Waals surface area contributed by atoms with Crippen molar-refractivity contribution >= 4 is 23.2 Å². The van der Waals surface area contributed by atoms with E-state index in [4.69, 9.17) is 0 Å². The van der Waals surface area contributed by atoms with Gasteiger partial charge in [-0.15, -0.1) is 0 Å². The Morgan fingerprint density at radius 3 is 2.08 bits per heavy atom. The van der Waals surface area contributed by atoms with Crippen LogP contribution in [0.3, 0.4) is 0 Å². The summed E-state index contributed by atoms with van der Waals surface area (Å²) in [7, 11) is 1.88. The van der Waals surface area contributed by atoms with E-state index in [9.17, 15) is 27.2 Å². The predicted molar refractivity (Wildman–Crippen MR) is 171 cm³/mol. The van der Waals surface area contributed by atoms with E-state index < -0.39 is 74.6 Å². The number of carbonyl (C=O) groups excluding carboxylic acids is 2. The van der Waals surface area contributed by atoms with E-state index in [-0.39, 0.29) is 28.9 Å². The number of piperazine rings is 1. The number of rotatable bonds is 7. The van der Waals surface area contributed by atoms with Gasteiger partial charge in [0, 0.05) is 42.3 Å². The molecule has 1 unspecified atom stereocenters. The summed E-state index contributed by atoms with van der Waals surface area (Å²) in [6.45, 7) is 12.5. The summed E-state index contributed by atoms with van der Waals surface area (Å²) < 4.78 is 102. The molecule has 13 heteroatoms. The Hall–Kier alpha value is -4.13. The van der Waals surface area contributed by atoms with Crippen molar-refractivity contribution in [2.24, 2.45) is 5.41 Å². The van der Waals surface area contributed by atoms with E-state index in [1.807, 2.05) is 39.6 Å². The standard InChI is InChI=1S/C35H39F7N4O2/c1-19-17-46(13-12-45(19)7)28-16-26(37)24(15-27(28)43-31(47)22-9-8-20(36)14-25(22)35(40,41)42)21-10-11-23(30(39)29(21)38)32(48)44-34(5,6)18-33(2,3)4/h8-11,14-16,19H,12-13,17-18H2,1-7H3,(H,43,47)(H,44,48). The molecule has 0 aromatic heterocycles. The molecule has 1 saturated heterocycles. The molecule has 0 spiro atoms. The van der Waals surface area contributed by atoms with Gasteiger partial charge in [0.15, 0.2) is 11.6 Å². The fourth-order valence-corrected chi connectivity index (χ4v) is 6.21. The molecule has 1 heterocycles. The van der Waals surface area contributed by atoms with Gasteiger partial charge in [0.2, 0.25) is 0 Å². The van der Waals surface area contributed by atoms with Gasteiger partial charge in [-0.25, -0.2) is 17.6 Å². The van der Waals surface area contributed by atoms with Crippen molar-refractivity contribution in [3.63, 3.8) is 0 Å². The third-order valence-corrected chi connectivity index (χ3v) is 8.21. The third kappa shape index (κ3) is 8.29. The predicted octanol–water partition coefficient (Wildman–Crippen LogP) is 8.27. The quantitative estimate of drug-likeness (QED) is 0.247. The van der Waals surface area contributed by atoms with Crippen molar-refractivity contribution in [1.29, 1.82) is 0 Å². The van der Waals surface area contributed by atoms with Crippen LogP contribution in [0.1, 0.15) is 74.2 Å². The highest BCUT2D eigenvalue weighted by Crippen LogP contribution is 2.39. The number of halogens is 7. The van der Waals surface area contributed by atoms with Gasteiger partial charge in [-0.1, -0.05) is 26.8 Å². The minimum Gasteiger partial charge on any atom is -0.367 e. The van der Waals surface area contributed by atoms with Crippen LogP contribution in [0.2, 0.25) is 0 Å². The Balaban J connectivity index is 1.78. The van der Waals surface area contributed by atoms with Crippen molar-refractivity contribution in [3.8, 4) is 11.1 Å². The number of amides is 2. The molecule has 1 aliphatic rings. The summed E-state index contributed by atoms with van der Waals surface area (Å²) in [5.74, 6) is -7.43. The first kappa shape index (κ1) is 36.7. The van der Waals surface area contributed by atoms with Gasteiger partial charge in [0.05, 0.1) is 28.1 Å². The zero-order valence-electron chi connectivity index (χ0n) is 27.8. The van der Waals surface area contributed by atoms with Gasteiger partial charge < -0.3 is 20.4 Å².